The summed E-state index contributed by atoms with van der Waals surface area (Å²) >= 11 is 0. The minimum Gasteiger partial charge on any atom is -0.328 e. The second-order valence-electron chi connectivity index (χ2n) is 4.77. The van der Waals surface area contributed by atoms with Crippen LogP contribution in [0.1, 0.15) is 11.1 Å². The summed E-state index contributed by atoms with van der Waals surface area (Å²) in [6.45, 7) is 3.87. The summed E-state index contributed by atoms with van der Waals surface area (Å²) in [6.07, 6.45) is 3.56. The van der Waals surface area contributed by atoms with E-state index in [0.29, 0.717) is 0 Å². The Hall–Kier alpha value is -2.42. The Balaban J connectivity index is 2.25. The number of aryl methyl sites for hydroxylation is 2. The monoisotopic (exact) mass is 250 g/mol. The number of fused-ring (bicyclic) bond motifs is 1. The number of pyridine rings is 2. The van der Waals surface area contributed by atoms with Gasteiger partial charge in [0.05, 0.1) is 5.52 Å². The number of nitrogens with one attached hydrogen (secondary N) is 1. The van der Waals surface area contributed by atoms with Gasteiger partial charge in [0.15, 0.2) is 0 Å². The maximum absolute atomic E-state index is 11.4. The molecular formula is C16H14N2O. The number of hydrogen-bond acceptors (Lipinski definition) is 2. The van der Waals surface area contributed by atoms with E-state index in [1.807, 2.05) is 19.1 Å². The molecule has 0 amide bonds. The highest BCUT2D eigenvalue weighted by molar-refractivity contribution is 5.87. The van der Waals surface area contributed by atoms with Gasteiger partial charge in [-0.25, -0.2) is 0 Å². The molecular weight excluding hydrogens is 236 g/mol. The number of rotatable bonds is 1. The highest BCUT2D eigenvalue weighted by Gasteiger charge is 2.05. The summed E-state index contributed by atoms with van der Waals surface area (Å²) in [4.78, 5) is 18.6. The largest absolute Gasteiger partial charge is 0.328 e. The van der Waals surface area contributed by atoms with Gasteiger partial charge < -0.3 is 4.98 Å². The van der Waals surface area contributed by atoms with Gasteiger partial charge in [-0.2, -0.15) is 0 Å². The summed E-state index contributed by atoms with van der Waals surface area (Å²) < 4.78 is 0. The lowest BCUT2D eigenvalue weighted by molar-refractivity contribution is 1.18. The fraction of sp³-hybridized carbons (Fsp3) is 0.125. The SMILES string of the molecule is Cc1cc(-c2cc(C)c3ncccc3c2)c[nH]c1=O. The van der Waals surface area contributed by atoms with Crippen molar-refractivity contribution in [2.45, 2.75) is 13.8 Å². The van der Waals surface area contributed by atoms with Gasteiger partial charge in [-0.05, 0) is 54.8 Å². The van der Waals surface area contributed by atoms with Crippen LogP contribution in [0, 0.1) is 13.8 Å². The number of H-pyrrole nitrogens is 1. The van der Waals surface area contributed by atoms with Gasteiger partial charge in [0.2, 0.25) is 0 Å². The molecule has 2 aromatic heterocycles. The van der Waals surface area contributed by atoms with Gasteiger partial charge in [0, 0.05) is 23.3 Å². The molecule has 0 atom stereocenters. The minimum atomic E-state index is -0.0390. The second kappa shape index (κ2) is 4.35. The maximum Gasteiger partial charge on any atom is 0.250 e. The van der Waals surface area contributed by atoms with Gasteiger partial charge in [-0.15, -0.1) is 0 Å². The van der Waals surface area contributed by atoms with E-state index in [1.165, 1.54) is 0 Å². The molecule has 0 aliphatic rings. The van der Waals surface area contributed by atoms with Crippen molar-refractivity contribution in [3.05, 3.63) is 64.2 Å². The van der Waals surface area contributed by atoms with Crippen molar-refractivity contribution in [1.82, 2.24) is 9.97 Å². The molecule has 0 saturated heterocycles. The topological polar surface area (TPSA) is 45.8 Å². The van der Waals surface area contributed by atoms with Gasteiger partial charge in [-0.1, -0.05) is 6.07 Å². The average Bonchev–Trinajstić information content (AvgIpc) is 2.42. The molecule has 0 saturated carbocycles. The molecule has 2 heterocycles. The van der Waals surface area contributed by atoms with E-state index in [9.17, 15) is 4.79 Å². The standard InChI is InChI=1S/C16H14N2O/c1-10-6-13(8-12-4-3-5-17-15(10)12)14-7-11(2)16(19)18-9-14/h3-9H,1-2H3,(H,18,19). The third-order valence-corrected chi connectivity index (χ3v) is 3.32. The van der Waals surface area contributed by atoms with Crippen LogP contribution in [-0.4, -0.2) is 9.97 Å². The molecule has 0 unspecified atom stereocenters. The zero-order valence-corrected chi connectivity index (χ0v) is 10.9. The predicted octanol–water partition coefficient (Wildman–Crippen LogP) is 3.21. The first-order valence-corrected chi connectivity index (χ1v) is 6.20. The van der Waals surface area contributed by atoms with Crippen molar-refractivity contribution < 1.29 is 0 Å². The maximum atomic E-state index is 11.4. The Morgan fingerprint density at radius 2 is 1.84 bits per heavy atom. The van der Waals surface area contributed by atoms with E-state index >= 15 is 0 Å². The van der Waals surface area contributed by atoms with Crippen molar-refractivity contribution in [2.24, 2.45) is 0 Å². The van der Waals surface area contributed by atoms with Crippen LogP contribution < -0.4 is 5.56 Å². The summed E-state index contributed by atoms with van der Waals surface area (Å²) in [6, 6.07) is 10.1. The quantitative estimate of drug-likeness (QED) is 0.720. The van der Waals surface area contributed by atoms with Crippen LogP contribution in [0.3, 0.4) is 0 Å². The summed E-state index contributed by atoms with van der Waals surface area (Å²) in [5, 5.41) is 1.11. The smallest absolute Gasteiger partial charge is 0.250 e. The van der Waals surface area contributed by atoms with Crippen LogP contribution in [0.2, 0.25) is 0 Å². The average molecular weight is 250 g/mol. The van der Waals surface area contributed by atoms with E-state index < -0.39 is 0 Å². The molecule has 3 heteroatoms. The summed E-state index contributed by atoms with van der Waals surface area (Å²) in [5.41, 5.74) is 4.96. The van der Waals surface area contributed by atoms with Gasteiger partial charge in [0.1, 0.15) is 0 Å². The van der Waals surface area contributed by atoms with Crippen molar-refractivity contribution in [3.63, 3.8) is 0 Å². The zero-order chi connectivity index (χ0) is 13.4. The van der Waals surface area contributed by atoms with Crippen LogP contribution >= 0.6 is 0 Å². The number of aromatic amines is 1. The molecule has 3 aromatic rings. The normalized spacial score (nSPS) is 10.8. The van der Waals surface area contributed by atoms with E-state index in [1.54, 1.807) is 12.4 Å². The molecule has 3 nitrogen and oxygen atoms in total. The first kappa shape index (κ1) is 11.7. The third-order valence-electron chi connectivity index (χ3n) is 3.32. The molecule has 0 spiro atoms. The predicted molar refractivity (Wildman–Crippen MR) is 77.3 cm³/mol. The molecule has 0 radical (unpaired) electrons. The number of hydrogen-bond donors (Lipinski definition) is 1. The van der Waals surface area contributed by atoms with Crippen molar-refractivity contribution in [1.29, 1.82) is 0 Å². The first-order chi connectivity index (χ1) is 9.15. The third kappa shape index (κ3) is 2.03. The second-order valence-corrected chi connectivity index (χ2v) is 4.77. The Morgan fingerprint density at radius 3 is 2.63 bits per heavy atom. The van der Waals surface area contributed by atoms with E-state index in [-0.39, 0.29) is 5.56 Å². The molecule has 94 valence electrons. The Morgan fingerprint density at radius 1 is 1.05 bits per heavy atom. The van der Waals surface area contributed by atoms with E-state index in [0.717, 1.165) is 33.2 Å². The van der Waals surface area contributed by atoms with Crippen LogP contribution in [0.15, 0.2) is 47.5 Å². The first-order valence-electron chi connectivity index (χ1n) is 6.20. The fourth-order valence-corrected chi connectivity index (χ4v) is 2.31. The molecule has 3 rings (SSSR count). The van der Waals surface area contributed by atoms with Crippen LogP contribution in [-0.2, 0) is 0 Å². The lowest BCUT2D eigenvalue weighted by Gasteiger charge is -2.07. The highest BCUT2D eigenvalue weighted by atomic mass is 16.1. The van der Waals surface area contributed by atoms with Crippen molar-refractivity contribution in [2.75, 3.05) is 0 Å². The Bertz CT molecular complexity index is 818. The lowest BCUT2D eigenvalue weighted by atomic mass is 10.0. The van der Waals surface area contributed by atoms with Gasteiger partial charge in [0.25, 0.3) is 5.56 Å². The highest BCUT2D eigenvalue weighted by Crippen LogP contribution is 2.25. The van der Waals surface area contributed by atoms with Crippen LogP contribution in [0.4, 0.5) is 0 Å². The van der Waals surface area contributed by atoms with Crippen molar-refractivity contribution >= 4 is 10.9 Å². The summed E-state index contributed by atoms with van der Waals surface area (Å²) in [5.74, 6) is 0. The number of benzene rings is 1. The van der Waals surface area contributed by atoms with Crippen molar-refractivity contribution in [3.8, 4) is 11.1 Å². The van der Waals surface area contributed by atoms with Crippen LogP contribution in [0.5, 0.6) is 0 Å². The fourth-order valence-electron chi connectivity index (χ4n) is 2.31. The Kier molecular flexibility index (Phi) is 2.67. The van der Waals surface area contributed by atoms with E-state index in [2.05, 4.69) is 35.1 Å². The van der Waals surface area contributed by atoms with Gasteiger partial charge in [-0.3, -0.25) is 9.78 Å². The number of nitrogens with zero attached hydrogens (tertiary/aromatic N) is 1. The Labute approximate surface area is 111 Å². The molecule has 0 fully saturated rings. The lowest BCUT2D eigenvalue weighted by Crippen LogP contribution is -2.07. The van der Waals surface area contributed by atoms with E-state index in [4.69, 9.17) is 0 Å². The molecule has 0 bridgehead atoms. The zero-order valence-electron chi connectivity index (χ0n) is 10.9. The molecule has 19 heavy (non-hydrogen) atoms. The van der Waals surface area contributed by atoms with Gasteiger partial charge >= 0.3 is 0 Å². The van der Waals surface area contributed by atoms with Crippen LogP contribution in [0.25, 0.3) is 22.0 Å². The molecule has 0 aliphatic carbocycles. The molecule has 0 aliphatic heterocycles. The molecule has 1 N–H and O–H groups in total. The summed E-state index contributed by atoms with van der Waals surface area (Å²) in [7, 11) is 0. The number of aromatic nitrogens is 2. The minimum absolute atomic E-state index is 0.0390. The molecule has 1 aromatic carbocycles.